The maximum Gasteiger partial charge on any atom is 0.491 e. The van der Waals surface area contributed by atoms with Gasteiger partial charge in [-0.25, -0.2) is 4.68 Å². The predicted molar refractivity (Wildman–Crippen MR) is 88.1 cm³/mol. The third-order valence-corrected chi connectivity index (χ3v) is 3.66. The van der Waals surface area contributed by atoms with Crippen LogP contribution in [-0.2, 0) is 19.8 Å². The van der Waals surface area contributed by atoms with Gasteiger partial charge in [-0.05, 0) is 24.8 Å². The molecule has 0 aromatic carbocycles. The summed E-state index contributed by atoms with van der Waals surface area (Å²) in [6.07, 6.45) is 4.71. The van der Waals surface area contributed by atoms with Crippen molar-refractivity contribution in [2.45, 2.75) is 33.6 Å². The molecule has 3 aromatic heterocycles. The molecule has 3 heterocycles. The monoisotopic (exact) mass is 359 g/mol. The van der Waals surface area contributed by atoms with Gasteiger partial charge in [0.2, 0.25) is 6.33 Å². The summed E-state index contributed by atoms with van der Waals surface area (Å²) in [6, 6.07) is 1.56. The van der Waals surface area contributed by atoms with Gasteiger partial charge >= 0.3 is 5.95 Å². The van der Waals surface area contributed by atoms with E-state index in [-0.39, 0.29) is 18.3 Å². The largest absolute Gasteiger partial charge is 0.491 e. The van der Waals surface area contributed by atoms with E-state index in [0.717, 1.165) is 17.8 Å². The van der Waals surface area contributed by atoms with E-state index in [2.05, 4.69) is 25.6 Å². The number of amides is 1. The first kappa shape index (κ1) is 17.3. The second-order valence-electron chi connectivity index (χ2n) is 5.50. The number of hydrogen-bond donors (Lipinski definition) is 1. The van der Waals surface area contributed by atoms with E-state index in [1.807, 2.05) is 24.7 Å². The number of nitrogens with one attached hydrogen (secondary N) is 1. The Morgan fingerprint density at radius 1 is 1.27 bits per heavy atom. The predicted octanol–water partition coefficient (Wildman–Crippen LogP) is 0.343. The van der Waals surface area contributed by atoms with Crippen LogP contribution in [0.15, 0.2) is 24.8 Å². The van der Waals surface area contributed by atoms with Crippen LogP contribution in [-0.4, -0.2) is 45.2 Å². The lowest BCUT2D eigenvalue weighted by Crippen LogP contribution is -2.24. The molecular weight excluding hydrogens is 342 g/mol. The number of aryl methyl sites for hydroxylation is 2. The molecule has 3 aromatic rings. The molecule has 0 unspecified atom stereocenters. The van der Waals surface area contributed by atoms with Gasteiger partial charge in [0.15, 0.2) is 6.67 Å². The van der Waals surface area contributed by atoms with Crippen LogP contribution < -0.4 is 5.32 Å². The summed E-state index contributed by atoms with van der Waals surface area (Å²) in [4.78, 5) is 25.7. The summed E-state index contributed by atoms with van der Waals surface area (Å²) in [5.74, 6) is -0.810. The summed E-state index contributed by atoms with van der Waals surface area (Å²) >= 11 is 0. The van der Waals surface area contributed by atoms with Gasteiger partial charge in [0, 0.05) is 36.1 Å². The molecule has 3 rings (SSSR count). The Kier molecular flexibility index (Phi) is 4.73. The number of nitro groups is 1. The van der Waals surface area contributed by atoms with Crippen molar-refractivity contribution in [3.63, 3.8) is 0 Å². The maximum absolute atomic E-state index is 12.2. The SMILES string of the molecule is CCn1cc(CNC(=O)c2ccn(Cn3cnc([N+](=O)[O-])n3)n2)c(C)n1. The van der Waals surface area contributed by atoms with Gasteiger partial charge < -0.3 is 15.4 Å². The Labute approximate surface area is 147 Å². The molecule has 0 saturated heterocycles. The molecule has 1 N–H and O–H groups in total. The third kappa shape index (κ3) is 3.74. The lowest BCUT2D eigenvalue weighted by Gasteiger charge is -2.02. The summed E-state index contributed by atoms with van der Waals surface area (Å²) in [5.41, 5.74) is 2.04. The standard InChI is InChI=1S/C14H17N9O3/c1-3-20-7-11(10(2)17-20)6-15-13(24)12-4-5-21(18-12)9-22-8-16-14(19-22)23(25)26/h4-5,7-8H,3,6,9H2,1-2H3,(H,15,24). The average Bonchev–Trinajstić information content (AvgIpc) is 3.33. The van der Waals surface area contributed by atoms with E-state index in [4.69, 9.17) is 0 Å². The molecule has 0 radical (unpaired) electrons. The van der Waals surface area contributed by atoms with Crippen molar-refractivity contribution in [1.82, 2.24) is 39.6 Å². The number of hydrogen-bond acceptors (Lipinski definition) is 7. The van der Waals surface area contributed by atoms with Crippen molar-refractivity contribution in [1.29, 1.82) is 0 Å². The highest BCUT2D eigenvalue weighted by atomic mass is 16.6. The quantitative estimate of drug-likeness (QED) is 0.474. The maximum atomic E-state index is 12.2. The number of rotatable bonds is 7. The topological polar surface area (TPSA) is 139 Å². The van der Waals surface area contributed by atoms with Gasteiger partial charge in [-0.3, -0.25) is 9.48 Å². The lowest BCUT2D eigenvalue weighted by atomic mass is 10.2. The molecule has 0 spiro atoms. The van der Waals surface area contributed by atoms with E-state index >= 15 is 0 Å². The summed E-state index contributed by atoms with van der Waals surface area (Å²) < 4.78 is 4.51. The highest BCUT2D eigenvalue weighted by Crippen LogP contribution is 2.06. The van der Waals surface area contributed by atoms with Gasteiger partial charge in [0.1, 0.15) is 5.69 Å². The van der Waals surface area contributed by atoms with E-state index in [1.165, 1.54) is 15.7 Å². The number of aromatic nitrogens is 7. The van der Waals surface area contributed by atoms with Crippen LogP contribution in [0.3, 0.4) is 0 Å². The van der Waals surface area contributed by atoms with E-state index in [0.29, 0.717) is 6.54 Å². The Balaban J connectivity index is 1.60. The molecular formula is C14H17N9O3. The van der Waals surface area contributed by atoms with Crippen LogP contribution in [0, 0.1) is 17.0 Å². The fourth-order valence-corrected chi connectivity index (χ4v) is 2.31. The average molecular weight is 359 g/mol. The first-order valence-electron chi connectivity index (χ1n) is 7.84. The van der Waals surface area contributed by atoms with Gasteiger partial charge in [0.25, 0.3) is 5.91 Å². The smallest absolute Gasteiger partial charge is 0.390 e. The van der Waals surface area contributed by atoms with Crippen LogP contribution >= 0.6 is 0 Å². The fraction of sp³-hybridized carbons (Fsp3) is 0.357. The second kappa shape index (κ2) is 7.13. The number of nitrogens with zero attached hydrogens (tertiary/aromatic N) is 8. The molecule has 26 heavy (non-hydrogen) atoms. The molecule has 0 aliphatic carbocycles. The Morgan fingerprint density at radius 3 is 2.73 bits per heavy atom. The summed E-state index contributed by atoms with van der Waals surface area (Å²) in [7, 11) is 0. The van der Waals surface area contributed by atoms with Gasteiger partial charge in [0.05, 0.1) is 5.69 Å². The zero-order chi connectivity index (χ0) is 18.7. The van der Waals surface area contributed by atoms with Crippen LogP contribution in [0.2, 0.25) is 0 Å². The number of carbonyl (C=O) groups excluding carboxylic acids is 1. The van der Waals surface area contributed by atoms with Crippen LogP contribution in [0.1, 0.15) is 28.7 Å². The number of carbonyl (C=O) groups is 1. The molecule has 1 amide bonds. The molecule has 12 heteroatoms. The van der Waals surface area contributed by atoms with E-state index in [1.54, 1.807) is 12.3 Å². The zero-order valence-corrected chi connectivity index (χ0v) is 14.2. The lowest BCUT2D eigenvalue weighted by molar-refractivity contribution is -0.394. The molecule has 0 aliphatic heterocycles. The van der Waals surface area contributed by atoms with Crippen LogP contribution in [0.4, 0.5) is 5.95 Å². The van der Waals surface area contributed by atoms with Gasteiger partial charge in [-0.15, -0.1) is 0 Å². The van der Waals surface area contributed by atoms with Gasteiger partial charge in [-0.1, -0.05) is 4.98 Å². The molecule has 136 valence electrons. The normalized spacial score (nSPS) is 10.8. The molecule has 12 nitrogen and oxygen atoms in total. The minimum atomic E-state index is -0.679. The molecule has 0 bridgehead atoms. The first-order valence-corrected chi connectivity index (χ1v) is 7.84. The zero-order valence-electron chi connectivity index (χ0n) is 14.2. The fourth-order valence-electron chi connectivity index (χ4n) is 2.31. The van der Waals surface area contributed by atoms with Crippen LogP contribution in [0.25, 0.3) is 0 Å². The van der Waals surface area contributed by atoms with Crippen molar-refractivity contribution in [3.8, 4) is 0 Å². The van der Waals surface area contributed by atoms with Crippen molar-refractivity contribution in [2.24, 2.45) is 0 Å². The van der Waals surface area contributed by atoms with Crippen molar-refractivity contribution in [3.05, 3.63) is 51.9 Å². The Hall–Kier alpha value is -3.57. The molecule has 0 aliphatic rings. The minimum absolute atomic E-state index is 0.108. The molecule has 0 saturated carbocycles. The van der Waals surface area contributed by atoms with E-state index in [9.17, 15) is 14.9 Å². The summed E-state index contributed by atoms with van der Waals surface area (Å²) in [5, 5.41) is 25.5. The summed E-state index contributed by atoms with van der Waals surface area (Å²) in [6.45, 7) is 5.10. The van der Waals surface area contributed by atoms with Gasteiger partial charge in [-0.2, -0.15) is 14.9 Å². The molecule has 0 fully saturated rings. The van der Waals surface area contributed by atoms with Crippen molar-refractivity contribution in [2.75, 3.05) is 0 Å². The first-order chi connectivity index (χ1) is 12.5. The second-order valence-corrected chi connectivity index (χ2v) is 5.50. The third-order valence-electron chi connectivity index (χ3n) is 3.66. The van der Waals surface area contributed by atoms with E-state index < -0.39 is 10.9 Å². The van der Waals surface area contributed by atoms with Crippen molar-refractivity contribution < 1.29 is 9.72 Å². The molecule has 0 atom stereocenters. The Bertz CT molecular complexity index is 939. The highest BCUT2D eigenvalue weighted by molar-refractivity contribution is 5.92. The van der Waals surface area contributed by atoms with Crippen molar-refractivity contribution >= 4 is 11.9 Å². The Morgan fingerprint density at radius 2 is 2.08 bits per heavy atom. The minimum Gasteiger partial charge on any atom is -0.390 e. The van der Waals surface area contributed by atoms with Crippen LogP contribution in [0.5, 0.6) is 0 Å². The highest BCUT2D eigenvalue weighted by Gasteiger charge is 2.15.